The highest BCUT2D eigenvalue weighted by Gasteiger charge is 2.03. The maximum atomic E-state index is 5.87. The number of rotatable bonds is 4. The Labute approximate surface area is 94.8 Å². The van der Waals surface area contributed by atoms with E-state index in [-0.39, 0.29) is 5.38 Å². The lowest BCUT2D eigenvalue weighted by Crippen LogP contribution is -2.21. The van der Waals surface area contributed by atoms with Crippen LogP contribution < -0.4 is 4.90 Å². The van der Waals surface area contributed by atoms with Crippen molar-refractivity contribution in [1.82, 2.24) is 4.98 Å². The summed E-state index contributed by atoms with van der Waals surface area (Å²) in [5, 5.41) is 0.859. The van der Waals surface area contributed by atoms with E-state index in [0.717, 1.165) is 18.8 Å². The first-order valence-corrected chi connectivity index (χ1v) is 5.38. The van der Waals surface area contributed by atoms with E-state index in [2.05, 4.69) is 9.88 Å². The van der Waals surface area contributed by atoms with Crippen LogP contribution in [0.3, 0.4) is 0 Å². The number of nitrogens with zero attached hydrogens (tertiary/aromatic N) is 2. The first-order valence-electron chi connectivity index (χ1n) is 4.56. The van der Waals surface area contributed by atoms with Crippen molar-refractivity contribution in [3.05, 3.63) is 23.4 Å². The van der Waals surface area contributed by atoms with Crippen LogP contribution in [-0.4, -0.2) is 24.0 Å². The van der Waals surface area contributed by atoms with Gasteiger partial charge < -0.3 is 4.90 Å². The monoisotopic (exact) mass is 232 g/mol. The van der Waals surface area contributed by atoms with Crippen molar-refractivity contribution in [2.75, 3.05) is 18.5 Å². The van der Waals surface area contributed by atoms with Crippen molar-refractivity contribution in [2.24, 2.45) is 0 Å². The van der Waals surface area contributed by atoms with Crippen LogP contribution in [0.15, 0.2) is 18.3 Å². The second kappa shape index (κ2) is 5.42. The third kappa shape index (κ3) is 3.72. The highest BCUT2D eigenvalue weighted by Crippen LogP contribution is 2.13. The van der Waals surface area contributed by atoms with Gasteiger partial charge in [-0.3, -0.25) is 0 Å². The first kappa shape index (κ1) is 11.6. The molecular weight excluding hydrogens is 219 g/mol. The molecule has 0 spiro atoms. The number of alkyl halides is 1. The Hall–Kier alpha value is -0.470. The molecule has 0 radical (unpaired) electrons. The number of pyridine rings is 1. The van der Waals surface area contributed by atoms with Gasteiger partial charge in [0.2, 0.25) is 0 Å². The van der Waals surface area contributed by atoms with Crippen LogP contribution in [0.25, 0.3) is 0 Å². The van der Waals surface area contributed by atoms with E-state index in [1.807, 2.05) is 26.1 Å². The molecule has 0 fully saturated rings. The van der Waals surface area contributed by atoms with Gasteiger partial charge in [-0.2, -0.15) is 0 Å². The highest BCUT2D eigenvalue weighted by atomic mass is 35.5. The van der Waals surface area contributed by atoms with Crippen molar-refractivity contribution in [1.29, 1.82) is 0 Å². The van der Waals surface area contributed by atoms with Crippen molar-refractivity contribution >= 4 is 29.0 Å². The average molecular weight is 233 g/mol. The van der Waals surface area contributed by atoms with Crippen LogP contribution in [0.4, 0.5) is 5.82 Å². The molecular formula is C10H14Cl2N2. The fourth-order valence-electron chi connectivity index (χ4n) is 1.08. The largest absolute Gasteiger partial charge is 0.360 e. The summed E-state index contributed by atoms with van der Waals surface area (Å²) in [7, 11) is 2.00. The number of hydrogen-bond donors (Lipinski definition) is 0. The van der Waals surface area contributed by atoms with E-state index in [1.54, 1.807) is 6.20 Å². The fourth-order valence-corrected chi connectivity index (χ4v) is 1.29. The van der Waals surface area contributed by atoms with Crippen molar-refractivity contribution in [3.63, 3.8) is 0 Å². The smallest absolute Gasteiger partial charge is 0.128 e. The number of aromatic nitrogens is 1. The predicted molar refractivity (Wildman–Crippen MR) is 62.4 cm³/mol. The fraction of sp³-hybridized carbons (Fsp3) is 0.500. The standard InChI is InChI=1S/C10H14Cl2N2/c1-8(11)5-6-14(2)10-4-3-9(12)7-13-10/h3-4,7-8H,5-6H2,1-2H3. The summed E-state index contributed by atoms with van der Waals surface area (Å²) in [5.74, 6) is 0.923. The molecule has 1 aromatic heterocycles. The Kier molecular flexibility index (Phi) is 4.49. The van der Waals surface area contributed by atoms with E-state index in [4.69, 9.17) is 23.2 Å². The summed E-state index contributed by atoms with van der Waals surface area (Å²) in [6.07, 6.45) is 2.60. The molecule has 1 unspecified atom stereocenters. The second-order valence-corrected chi connectivity index (χ2v) is 4.51. The van der Waals surface area contributed by atoms with Gasteiger partial charge >= 0.3 is 0 Å². The minimum atomic E-state index is 0.199. The molecule has 0 aliphatic carbocycles. The molecule has 0 saturated heterocycles. The van der Waals surface area contributed by atoms with Gasteiger partial charge in [0, 0.05) is 25.2 Å². The lowest BCUT2D eigenvalue weighted by atomic mass is 10.3. The quantitative estimate of drug-likeness (QED) is 0.742. The number of halogens is 2. The van der Waals surface area contributed by atoms with E-state index >= 15 is 0 Å². The molecule has 1 aromatic rings. The molecule has 0 N–H and O–H groups in total. The molecule has 78 valence electrons. The molecule has 0 amide bonds. The van der Waals surface area contributed by atoms with E-state index in [9.17, 15) is 0 Å². The second-order valence-electron chi connectivity index (χ2n) is 3.33. The maximum absolute atomic E-state index is 5.87. The summed E-state index contributed by atoms with van der Waals surface area (Å²) in [5.41, 5.74) is 0. The Morgan fingerprint density at radius 2 is 2.21 bits per heavy atom. The maximum Gasteiger partial charge on any atom is 0.128 e. The van der Waals surface area contributed by atoms with Crippen LogP contribution in [0.5, 0.6) is 0 Å². The zero-order valence-electron chi connectivity index (χ0n) is 8.37. The molecule has 2 nitrogen and oxygen atoms in total. The summed E-state index contributed by atoms with van der Waals surface area (Å²) in [6, 6.07) is 3.74. The van der Waals surface area contributed by atoms with Gasteiger partial charge in [0.1, 0.15) is 5.82 Å². The van der Waals surface area contributed by atoms with Gasteiger partial charge in [-0.05, 0) is 25.5 Å². The number of anilines is 1. The SMILES string of the molecule is CC(Cl)CCN(C)c1ccc(Cl)cn1. The van der Waals surface area contributed by atoms with Crippen LogP contribution in [0, 0.1) is 0 Å². The van der Waals surface area contributed by atoms with Crippen molar-refractivity contribution < 1.29 is 0 Å². The van der Waals surface area contributed by atoms with Crippen molar-refractivity contribution in [3.8, 4) is 0 Å². The normalized spacial score (nSPS) is 12.6. The third-order valence-corrected chi connectivity index (χ3v) is 2.41. The molecule has 14 heavy (non-hydrogen) atoms. The van der Waals surface area contributed by atoms with Gasteiger partial charge in [0.05, 0.1) is 5.02 Å². The zero-order valence-corrected chi connectivity index (χ0v) is 9.89. The molecule has 0 aliphatic rings. The van der Waals surface area contributed by atoms with E-state index in [0.29, 0.717) is 5.02 Å². The molecule has 4 heteroatoms. The topological polar surface area (TPSA) is 16.1 Å². The Balaban J connectivity index is 2.52. The molecule has 1 rings (SSSR count). The zero-order chi connectivity index (χ0) is 10.6. The summed E-state index contributed by atoms with van der Waals surface area (Å²) < 4.78 is 0. The third-order valence-electron chi connectivity index (χ3n) is 1.97. The Morgan fingerprint density at radius 1 is 1.50 bits per heavy atom. The summed E-state index contributed by atoms with van der Waals surface area (Å²) in [4.78, 5) is 6.27. The average Bonchev–Trinajstić information content (AvgIpc) is 2.15. The lowest BCUT2D eigenvalue weighted by molar-refractivity contribution is 0.766. The lowest BCUT2D eigenvalue weighted by Gasteiger charge is -2.18. The molecule has 1 atom stereocenters. The number of hydrogen-bond acceptors (Lipinski definition) is 2. The van der Waals surface area contributed by atoms with Gasteiger partial charge in [-0.15, -0.1) is 11.6 Å². The minimum absolute atomic E-state index is 0.199. The van der Waals surface area contributed by atoms with Gasteiger partial charge in [0.25, 0.3) is 0 Å². The molecule has 0 saturated carbocycles. The van der Waals surface area contributed by atoms with Gasteiger partial charge in [-0.25, -0.2) is 4.98 Å². The summed E-state index contributed by atoms with van der Waals surface area (Å²) in [6.45, 7) is 2.89. The van der Waals surface area contributed by atoms with E-state index < -0.39 is 0 Å². The minimum Gasteiger partial charge on any atom is -0.360 e. The van der Waals surface area contributed by atoms with Crippen LogP contribution >= 0.6 is 23.2 Å². The van der Waals surface area contributed by atoms with Crippen LogP contribution in [0.2, 0.25) is 5.02 Å². The Bertz CT molecular complexity index is 272. The molecule has 0 aromatic carbocycles. The van der Waals surface area contributed by atoms with E-state index in [1.165, 1.54) is 0 Å². The van der Waals surface area contributed by atoms with Gasteiger partial charge in [-0.1, -0.05) is 11.6 Å². The Morgan fingerprint density at radius 3 is 2.71 bits per heavy atom. The van der Waals surface area contributed by atoms with Crippen LogP contribution in [-0.2, 0) is 0 Å². The molecule has 1 heterocycles. The first-order chi connectivity index (χ1) is 6.59. The van der Waals surface area contributed by atoms with Crippen LogP contribution in [0.1, 0.15) is 13.3 Å². The molecule has 0 bridgehead atoms. The summed E-state index contributed by atoms with van der Waals surface area (Å²) >= 11 is 11.6. The van der Waals surface area contributed by atoms with Crippen molar-refractivity contribution in [2.45, 2.75) is 18.7 Å². The van der Waals surface area contributed by atoms with Gasteiger partial charge in [0.15, 0.2) is 0 Å². The highest BCUT2D eigenvalue weighted by molar-refractivity contribution is 6.30. The predicted octanol–water partition coefficient (Wildman–Crippen LogP) is 3.19. The molecule has 0 aliphatic heterocycles.